The van der Waals surface area contributed by atoms with E-state index in [1.54, 1.807) is 20.8 Å². The smallest absolute Gasteiger partial charge is 0.444 e. The van der Waals surface area contributed by atoms with E-state index in [4.69, 9.17) is 14.2 Å². The van der Waals surface area contributed by atoms with Gasteiger partial charge in [0.25, 0.3) is 0 Å². The zero-order chi connectivity index (χ0) is 35.9. The summed E-state index contributed by atoms with van der Waals surface area (Å²) >= 11 is 0. The fourth-order valence-electron chi connectivity index (χ4n) is 5.49. The fraction of sp³-hybridized carbons (Fsp3) is 0.515. The van der Waals surface area contributed by atoms with Crippen molar-refractivity contribution < 1.29 is 45.7 Å². The van der Waals surface area contributed by atoms with Crippen LogP contribution in [0.3, 0.4) is 0 Å². The zero-order valence-electron chi connectivity index (χ0n) is 28.0. The Morgan fingerprint density at radius 3 is 2.54 bits per heavy atom. The number of halogens is 5. The maximum atomic E-state index is 14.3. The van der Waals surface area contributed by atoms with E-state index in [2.05, 4.69) is 30.3 Å². The number of alkyl halides is 3. The molecule has 2 aromatic carbocycles. The SMILES string of the molecule is CC(C)(C)OC(=O)N(CCCCOCCNc1cc(-c2nnc[nH]2)cc2c1cnn2C1CCCCO1)Cc1cc(F)c(OC(F)(F)F)c(F)c1. The summed E-state index contributed by atoms with van der Waals surface area (Å²) in [5.74, 6) is -4.03. The molecule has 5 rings (SSSR count). The third-order valence-corrected chi connectivity index (χ3v) is 7.66. The number of hydrogen-bond donors (Lipinski definition) is 2. The predicted octanol–water partition coefficient (Wildman–Crippen LogP) is 7.34. The fourth-order valence-corrected chi connectivity index (χ4v) is 5.49. The van der Waals surface area contributed by atoms with Gasteiger partial charge in [0, 0.05) is 49.5 Å². The maximum absolute atomic E-state index is 14.3. The van der Waals surface area contributed by atoms with E-state index in [1.807, 2.05) is 23.0 Å². The second-order valence-corrected chi connectivity index (χ2v) is 12.8. The highest BCUT2D eigenvalue weighted by Gasteiger charge is 2.34. The van der Waals surface area contributed by atoms with Gasteiger partial charge in [0.15, 0.2) is 23.7 Å². The molecule has 272 valence electrons. The Hall–Kier alpha value is -4.51. The normalized spacial score (nSPS) is 15.3. The van der Waals surface area contributed by atoms with Crippen molar-refractivity contribution in [2.45, 2.75) is 77.6 Å². The van der Waals surface area contributed by atoms with Gasteiger partial charge in [-0.2, -0.15) is 5.10 Å². The molecule has 2 N–H and O–H groups in total. The molecule has 0 saturated carbocycles. The van der Waals surface area contributed by atoms with Gasteiger partial charge < -0.3 is 34.1 Å². The number of carbonyl (C=O) groups excluding carboxylic acids is 1. The first-order valence-electron chi connectivity index (χ1n) is 16.3. The molecule has 1 fully saturated rings. The number of nitrogens with one attached hydrogen (secondary N) is 2. The molecule has 1 aliphatic rings. The van der Waals surface area contributed by atoms with Gasteiger partial charge in [0.05, 0.1) is 18.3 Å². The average Bonchev–Trinajstić information content (AvgIpc) is 3.73. The molecule has 1 aliphatic heterocycles. The van der Waals surface area contributed by atoms with E-state index in [9.17, 15) is 26.7 Å². The van der Waals surface area contributed by atoms with Crippen LogP contribution in [0.4, 0.5) is 32.4 Å². The molecule has 17 heteroatoms. The van der Waals surface area contributed by atoms with Crippen molar-refractivity contribution in [2.24, 2.45) is 0 Å². The van der Waals surface area contributed by atoms with Gasteiger partial charge in [-0.1, -0.05) is 0 Å². The molecule has 3 heterocycles. The van der Waals surface area contributed by atoms with Crippen LogP contribution < -0.4 is 10.1 Å². The summed E-state index contributed by atoms with van der Waals surface area (Å²) < 4.78 is 88.9. The van der Waals surface area contributed by atoms with E-state index in [0.29, 0.717) is 57.2 Å². The van der Waals surface area contributed by atoms with Crippen LogP contribution >= 0.6 is 0 Å². The summed E-state index contributed by atoms with van der Waals surface area (Å²) in [7, 11) is 0. The minimum Gasteiger partial charge on any atom is -0.444 e. The molecule has 1 atom stereocenters. The van der Waals surface area contributed by atoms with Crippen LogP contribution in [0.25, 0.3) is 22.3 Å². The average molecular weight is 710 g/mol. The van der Waals surface area contributed by atoms with E-state index >= 15 is 0 Å². The number of hydrogen-bond acceptors (Lipinski definition) is 9. The first-order chi connectivity index (χ1) is 23.8. The number of fused-ring (bicyclic) bond motifs is 1. The molecule has 4 aromatic rings. The van der Waals surface area contributed by atoms with Crippen molar-refractivity contribution in [1.82, 2.24) is 29.9 Å². The summed E-state index contributed by atoms with van der Waals surface area (Å²) in [6.07, 6.45) is 1.13. The van der Waals surface area contributed by atoms with Crippen LogP contribution in [0.1, 0.15) is 64.7 Å². The lowest BCUT2D eigenvalue weighted by Gasteiger charge is -2.27. The number of carbonyl (C=O) groups is 1. The molecule has 0 radical (unpaired) electrons. The van der Waals surface area contributed by atoms with Gasteiger partial charge in [0.1, 0.15) is 11.9 Å². The molecule has 0 bridgehead atoms. The second-order valence-electron chi connectivity index (χ2n) is 12.8. The van der Waals surface area contributed by atoms with Crippen molar-refractivity contribution in [3.05, 3.63) is 54.0 Å². The number of anilines is 1. The zero-order valence-corrected chi connectivity index (χ0v) is 28.0. The van der Waals surface area contributed by atoms with Crippen LogP contribution in [0, 0.1) is 11.6 Å². The lowest BCUT2D eigenvalue weighted by atomic mass is 10.1. The topological polar surface area (TPSA) is 129 Å². The molecule has 2 aromatic heterocycles. The molecule has 1 saturated heterocycles. The number of rotatable bonds is 14. The Labute approximate surface area is 285 Å². The first-order valence-corrected chi connectivity index (χ1v) is 16.3. The number of benzene rings is 2. The summed E-state index contributed by atoms with van der Waals surface area (Å²) in [6.45, 7) is 6.74. The summed E-state index contributed by atoms with van der Waals surface area (Å²) in [4.78, 5) is 17.2. The van der Waals surface area contributed by atoms with Crippen molar-refractivity contribution in [3.8, 4) is 17.1 Å². The highest BCUT2D eigenvalue weighted by atomic mass is 19.4. The molecule has 12 nitrogen and oxygen atoms in total. The van der Waals surface area contributed by atoms with Crippen LogP contribution in [-0.4, -0.2) is 80.8 Å². The Morgan fingerprint density at radius 2 is 1.88 bits per heavy atom. The van der Waals surface area contributed by atoms with Crippen molar-refractivity contribution >= 4 is 22.7 Å². The number of amides is 1. The van der Waals surface area contributed by atoms with Crippen LogP contribution in [0.15, 0.2) is 36.8 Å². The van der Waals surface area contributed by atoms with Crippen LogP contribution in [-0.2, 0) is 20.8 Å². The number of unbranched alkanes of at least 4 members (excludes halogenated alkanes) is 1. The number of H-pyrrole nitrogens is 1. The Balaban J connectivity index is 1.14. The monoisotopic (exact) mass is 709 g/mol. The molecule has 0 aliphatic carbocycles. The van der Waals surface area contributed by atoms with Crippen molar-refractivity contribution in [1.29, 1.82) is 0 Å². The minimum absolute atomic E-state index is 0.0685. The lowest BCUT2D eigenvalue weighted by Crippen LogP contribution is -2.37. The number of aromatic amines is 1. The highest BCUT2D eigenvalue weighted by molar-refractivity contribution is 5.95. The Kier molecular flexibility index (Phi) is 11.8. The van der Waals surface area contributed by atoms with Crippen molar-refractivity contribution in [2.75, 3.05) is 38.2 Å². The van der Waals surface area contributed by atoms with E-state index in [-0.39, 0.29) is 24.9 Å². The van der Waals surface area contributed by atoms with Crippen LogP contribution in [0.2, 0.25) is 0 Å². The molecular weight excluding hydrogens is 669 g/mol. The summed E-state index contributed by atoms with van der Waals surface area (Å²) in [6, 6.07) is 5.37. The number of ether oxygens (including phenoxy) is 4. The van der Waals surface area contributed by atoms with Gasteiger partial charge in [-0.05, 0) is 82.7 Å². The molecule has 1 unspecified atom stereocenters. The summed E-state index contributed by atoms with van der Waals surface area (Å²) in [5, 5.41) is 17.0. The molecular formula is C33H40F5N7O5. The largest absolute Gasteiger partial charge is 0.573 e. The quantitative estimate of drug-likeness (QED) is 0.102. The second kappa shape index (κ2) is 16.0. The lowest BCUT2D eigenvalue weighted by molar-refractivity contribution is -0.276. The van der Waals surface area contributed by atoms with Gasteiger partial charge in [-0.15, -0.1) is 23.4 Å². The van der Waals surface area contributed by atoms with Gasteiger partial charge in [0.2, 0.25) is 5.75 Å². The van der Waals surface area contributed by atoms with E-state index in [1.165, 1.54) is 11.2 Å². The minimum atomic E-state index is -5.27. The maximum Gasteiger partial charge on any atom is 0.573 e. The molecule has 50 heavy (non-hydrogen) atoms. The van der Waals surface area contributed by atoms with E-state index < -0.39 is 35.4 Å². The van der Waals surface area contributed by atoms with Gasteiger partial charge >= 0.3 is 12.5 Å². The third-order valence-electron chi connectivity index (χ3n) is 7.66. The Morgan fingerprint density at radius 1 is 1.10 bits per heavy atom. The Bertz CT molecular complexity index is 1700. The number of aromatic nitrogens is 5. The predicted molar refractivity (Wildman–Crippen MR) is 172 cm³/mol. The van der Waals surface area contributed by atoms with Crippen LogP contribution in [0.5, 0.6) is 5.75 Å². The first kappa shape index (κ1) is 36.8. The molecule has 1 amide bonds. The van der Waals surface area contributed by atoms with Gasteiger partial charge in [-0.25, -0.2) is 18.3 Å². The summed E-state index contributed by atoms with van der Waals surface area (Å²) in [5.41, 5.74) is 1.66. The standard InChI is InChI=1S/C33H40F5N7O5/c1-32(2,3)50-31(46)44(19-21-14-24(34)29(25(35)15-21)49-33(36,37)38)10-5-7-11-47-13-9-39-26-16-22(30-40-20-41-43-30)17-27-23(26)18-42-45(27)28-8-4-6-12-48-28/h14-18,20,28,39H,4-13,19H2,1-3H3,(H,40,41,43). The van der Waals surface area contributed by atoms with Gasteiger partial charge in [-0.3, -0.25) is 0 Å². The highest BCUT2D eigenvalue weighted by Crippen LogP contribution is 2.34. The third kappa shape index (κ3) is 10.0. The number of nitrogens with zero attached hydrogens (tertiary/aromatic N) is 5. The van der Waals surface area contributed by atoms with E-state index in [0.717, 1.165) is 41.4 Å². The van der Waals surface area contributed by atoms with Crippen molar-refractivity contribution in [3.63, 3.8) is 0 Å². The molecule has 0 spiro atoms.